The summed E-state index contributed by atoms with van der Waals surface area (Å²) in [7, 11) is -3.57. The summed E-state index contributed by atoms with van der Waals surface area (Å²) in [6.07, 6.45) is 0.673. The lowest BCUT2D eigenvalue weighted by Crippen LogP contribution is -2.28. The molecule has 0 fully saturated rings. The molecule has 5 nitrogen and oxygen atoms in total. The molecule has 0 bridgehead atoms. The van der Waals surface area contributed by atoms with Gasteiger partial charge in [0, 0.05) is 12.6 Å². The summed E-state index contributed by atoms with van der Waals surface area (Å²) in [5, 5.41) is 2.73. The van der Waals surface area contributed by atoms with E-state index in [1.165, 1.54) is 24.3 Å². The molecule has 1 atom stereocenters. The van der Waals surface area contributed by atoms with Crippen molar-refractivity contribution in [2.45, 2.75) is 28.5 Å². The molecule has 3 N–H and O–H groups in total. The van der Waals surface area contributed by atoms with Gasteiger partial charge in [0.25, 0.3) is 5.91 Å². The first kappa shape index (κ1) is 16.7. The van der Waals surface area contributed by atoms with Crippen LogP contribution in [0.5, 0.6) is 0 Å². The molecule has 0 saturated heterocycles. The Bertz CT molecular complexity index is 737. The average Bonchev–Trinajstić information content (AvgIpc) is 2.98. The fraction of sp³-hybridized carbons (Fsp3) is 0.267. The molecule has 22 heavy (non-hydrogen) atoms. The van der Waals surface area contributed by atoms with Crippen LogP contribution in [-0.4, -0.2) is 26.9 Å². The summed E-state index contributed by atoms with van der Waals surface area (Å²) < 4.78 is 25.0. The first-order valence-corrected chi connectivity index (χ1v) is 9.15. The Morgan fingerprint density at radius 3 is 2.55 bits per heavy atom. The van der Waals surface area contributed by atoms with Crippen LogP contribution in [-0.2, 0) is 9.84 Å². The zero-order chi connectivity index (χ0) is 16.2. The second kappa shape index (κ2) is 7.04. The molecule has 1 heterocycles. The molecule has 2 aromatic rings. The molecular formula is C15H18N2O3S2. The van der Waals surface area contributed by atoms with Crippen LogP contribution in [0, 0.1) is 0 Å². The maximum absolute atomic E-state index is 12.4. The molecule has 1 aromatic heterocycles. The molecule has 0 aliphatic rings. The standard InChI is InChI=1S/C15H18N2O3S2/c1-11(16)9-10-17-15(18)13-7-8-14(21-13)22(19,20)12-5-3-2-4-6-12/h2-8,11H,9-10,16H2,1H3,(H,17,18). The quantitative estimate of drug-likeness (QED) is 0.843. The third-order valence-corrected chi connectivity index (χ3v) is 6.35. The molecule has 1 aromatic carbocycles. The molecule has 0 aliphatic carbocycles. The summed E-state index contributed by atoms with van der Waals surface area (Å²) in [5.41, 5.74) is 5.61. The maximum atomic E-state index is 12.4. The van der Waals surface area contributed by atoms with Crippen LogP contribution >= 0.6 is 11.3 Å². The second-order valence-corrected chi connectivity index (χ2v) is 8.22. The summed E-state index contributed by atoms with van der Waals surface area (Å²) in [5.74, 6) is -0.278. The van der Waals surface area contributed by atoms with Crippen LogP contribution in [0.25, 0.3) is 0 Å². The molecule has 0 spiro atoms. The number of carbonyl (C=O) groups excluding carboxylic acids is 1. The van der Waals surface area contributed by atoms with E-state index < -0.39 is 9.84 Å². The van der Waals surface area contributed by atoms with E-state index in [-0.39, 0.29) is 21.1 Å². The third kappa shape index (κ3) is 3.94. The van der Waals surface area contributed by atoms with Crippen molar-refractivity contribution in [3.63, 3.8) is 0 Å². The molecule has 1 unspecified atom stereocenters. The van der Waals surface area contributed by atoms with Crippen molar-refractivity contribution >= 4 is 27.1 Å². The lowest BCUT2D eigenvalue weighted by atomic mass is 10.2. The minimum Gasteiger partial charge on any atom is -0.351 e. The van der Waals surface area contributed by atoms with Gasteiger partial charge in [-0.1, -0.05) is 18.2 Å². The van der Waals surface area contributed by atoms with E-state index in [0.29, 0.717) is 17.8 Å². The van der Waals surface area contributed by atoms with Crippen molar-refractivity contribution in [2.24, 2.45) is 5.73 Å². The van der Waals surface area contributed by atoms with E-state index in [1.54, 1.807) is 18.2 Å². The monoisotopic (exact) mass is 338 g/mol. The Hall–Kier alpha value is -1.70. The normalized spacial score (nSPS) is 12.8. The highest BCUT2D eigenvalue weighted by Gasteiger charge is 2.21. The van der Waals surface area contributed by atoms with Gasteiger partial charge in [-0.15, -0.1) is 11.3 Å². The van der Waals surface area contributed by atoms with Crippen LogP contribution in [0.15, 0.2) is 51.6 Å². The molecule has 7 heteroatoms. The Morgan fingerprint density at radius 2 is 1.91 bits per heavy atom. The number of thiophene rings is 1. The zero-order valence-electron chi connectivity index (χ0n) is 12.2. The Balaban J connectivity index is 2.13. The van der Waals surface area contributed by atoms with Crippen LogP contribution in [0.3, 0.4) is 0 Å². The highest BCUT2D eigenvalue weighted by molar-refractivity contribution is 7.93. The molecule has 2 rings (SSSR count). The van der Waals surface area contributed by atoms with Gasteiger partial charge in [-0.25, -0.2) is 8.42 Å². The lowest BCUT2D eigenvalue weighted by Gasteiger charge is -2.05. The predicted molar refractivity (Wildman–Crippen MR) is 86.8 cm³/mol. The number of hydrogen-bond acceptors (Lipinski definition) is 5. The summed E-state index contributed by atoms with van der Waals surface area (Å²) in [6.45, 7) is 2.33. The number of rotatable bonds is 6. The number of nitrogens with one attached hydrogen (secondary N) is 1. The van der Waals surface area contributed by atoms with Gasteiger partial charge in [-0.3, -0.25) is 4.79 Å². The van der Waals surface area contributed by atoms with Crippen molar-refractivity contribution < 1.29 is 13.2 Å². The highest BCUT2D eigenvalue weighted by Crippen LogP contribution is 2.27. The number of carbonyl (C=O) groups is 1. The van der Waals surface area contributed by atoms with Crippen LogP contribution in [0.1, 0.15) is 23.0 Å². The number of nitrogens with two attached hydrogens (primary N) is 1. The van der Waals surface area contributed by atoms with Crippen molar-refractivity contribution in [3.8, 4) is 0 Å². The Labute approximate surface area is 134 Å². The Kier molecular flexibility index (Phi) is 5.33. The van der Waals surface area contributed by atoms with E-state index in [2.05, 4.69) is 5.32 Å². The SMILES string of the molecule is CC(N)CCNC(=O)c1ccc(S(=O)(=O)c2ccccc2)s1. The first-order chi connectivity index (χ1) is 10.4. The topological polar surface area (TPSA) is 89.3 Å². The molecular weight excluding hydrogens is 320 g/mol. The van der Waals surface area contributed by atoms with Gasteiger partial charge in [0.1, 0.15) is 4.21 Å². The zero-order valence-corrected chi connectivity index (χ0v) is 13.8. The molecule has 0 aliphatic heterocycles. The minimum absolute atomic E-state index is 0.0117. The van der Waals surface area contributed by atoms with Gasteiger partial charge in [-0.2, -0.15) is 0 Å². The molecule has 1 amide bonds. The van der Waals surface area contributed by atoms with Gasteiger partial charge in [0.2, 0.25) is 9.84 Å². The smallest absolute Gasteiger partial charge is 0.261 e. The van der Waals surface area contributed by atoms with Crippen molar-refractivity contribution in [3.05, 3.63) is 47.3 Å². The number of hydrogen-bond donors (Lipinski definition) is 2. The lowest BCUT2D eigenvalue weighted by molar-refractivity contribution is 0.0957. The van der Waals surface area contributed by atoms with E-state index in [4.69, 9.17) is 5.73 Å². The van der Waals surface area contributed by atoms with Crippen molar-refractivity contribution in [1.29, 1.82) is 0 Å². The number of amides is 1. The third-order valence-electron chi connectivity index (χ3n) is 3.01. The van der Waals surface area contributed by atoms with Gasteiger partial charge in [-0.05, 0) is 37.6 Å². The first-order valence-electron chi connectivity index (χ1n) is 6.85. The minimum atomic E-state index is -3.57. The van der Waals surface area contributed by atoms with Gasteiger partial charge in [0.15, 0.2) is 0 Å². The summed E-state index contributed by atoms with van der Waals surface area (Å²) in [4.78, 5) is 12.6. The largest absolute Gasteiger partial charge is 0.351 e. The maximum Gasteiger partial charge on any atom is 0.261 e. The fourth-order valence-corrected chi connectivity index (χ4v) is 4.45. The van der Waals surface area contributed by atoms with E-state index in [0.717, 1.165) is 11.3 Å². The van der Waals surface area contributed by atoms with Gasteiger partial charge >= 0.3 is 0 Å². The van der Waals surface area contributed by atoms with Crippen molar-refractivity contribution in [2.75, 3.05) is 6.54 Å². The van der Waals surface area contributed by atoms with Crippen molar-refractivity contribution in [1.82, 2.24) is 5.32 Å². The predicted octanol–water partition coefficient (Wildman–Crippen LogP) is 2.05. The van der Waals surface area contributed by atoms with Crippen LogP contribution in [0.4, 0.5) is 0 Å². The highest BCUT2D eigenvalue weighted by atomic mass is 32.2. The second-order valence-electron chi connectivity index (χ2n) is 4.96. The molecule has 0 radical (unpaired) electrons. The summed E-state index contributed by atoms with van der Waals surface area (Å²) >= 11 is 0.970. The van der Waals surface area contributed by atoms with Gasteiger partial charge < -0.3 is 11.1 Å². The van der Waals surface area contributed by atoms with E-state index in [1.807, 2.05) is 6.92 Å². The molecule has 0 saturated carbocycles. The van der Waals surface area contributed by atoms with E-state index in [9.17, 15) is 13.2 Å². The van der Waals surface area contributed by atoms with Crippen LogP contribution < -0.4 is 11.1 Å². The Morgan fingerprint density at radius 1 is 1.23 bits per heavy atom. The fourth-order valence-electron chi connectivity index (χ4n) is 1.80. The average molecular weight is 338 g/mol. The van der Waals surface area contributed by atoms with E-state index >= 15 is 0 Å². The van der Waals surface area contributed by atoms with Gasteiger partial charge in [0.05, 0.1) is 9.77 Å². The number of sulfone groups is 1. The molecule has 118 valence electrons. The van der Waals surface area contributed by atoms with Crippen LogP contribution in [0.2, 0.25) is 0 Å². The number of benzene rings is 1. The summed E-state index contributed by atoms with van der Waals surface area (Å²) in [6, 6.07) is 11.2.